The Kier molecular flexibility index (Phi) is 4.51. The first-order valence-corrected chi connectivity index (χ1v) is 8.41. The quantitative estimate of drug-likeness (QED) is 0.846. The third-order valence-corrected chi connectivity index (χ3v) is 5.21. The summed E-state index contributed by atoms with van der Waals surface area (Å²) in [6.07, 6.45) is -1.02. The molecule has 1 aromatic carbocycles. The Morgan fingerprint density at radius 1 is 1.24 bits per heavy atom. The van der Waals surface area contributed by atoms with E-state index in [9.17, 15) is 22.8 Å². The number of carbonyl (C=O) groups excluding carboxylic acids is 1. The predicted molar refractivity (Wildman–Crippen MR) is 83.9 cm³/mol. The first-order chi connectivity index (χ1) is 11.7. The highest BCUT2D eigenvalue weighted by Crippen LogP contribution is 2.49. The number of hydrogen-bond donors (Lipinski definition) is 2. The molecule has 136 valence electrons. The number of rotatable bonds is 5. The average molecular weight is 355 g/mol. The van der Waals surface area contributed by atoms with E-state index >= 15 is 0 Å². The molecule has 2 N–H and O–H groups in total. The van der Waals surface area contributed by atoms with Gasteiger partial charge in [0.1, 0.15) is 0 Å². The molecule has 2 atom stereocenters. The summed E-state index contributed by atoms with van der Waals surface area (Å²) in [4.78, 5) is 23.6. The monoisotopic (exact) mass is 355 g/mol. The van der Waals surface area contributed by atoms with Gasteiger partial charge in [0.15, 0.2) is 0 Å². The fraction of sp³-hybridized carbons (Fsp3) is 0.556. The zero-order valence-corrected chi connectivity index (χ0v) is 13.6. The second-order valence-electron chi connectivity index (χ2n) is 7.12. The number of hydrogen-bond acceptors (Lipinski definition) is 2. The minimum Gasteiger partial charge on any atom is -0.481 e. The number of halogens is 3. The van der Waals surface area contributed by atoms with E-state index in [1.165, 1.54) is 6.07 Å². The predicted octanol–water partition coefficient (Wildman–Crippen LogP) is 3.71. The van der Waals surface area contributed by atoms with E-state index in [-0.39, 0.29) is 24.2 Å². The van der Waals surface area contributed by atoms with Gasteiger partial charge in [-0.1, -0.05) is 31.0 Å². The highest BCUT2D eigenvalue weighted by molar-refractivity contribution is 5.84. The Hall–Kier alpha value is -2.05. The number of carboxylic acid groups (broad SMARTS) is 1. The van der Waals surface area contributed by atoms with Crippen LogP contribution in [0.25, 0.3) is 0 Å². The molecule has 0 bridgehead atoms. The smallest absolute Gasteiger partial charge is 0.416 e. The van der Waals surface area contributed by atoms with Gasteiger partial charge in [0, 0.05) is 5.92 Å². The van der Waals surface area contributed by atoms with Crippen molar-refractivity contribution in [2.75, 3.05) is 0 Å². The fourth-order valence-electron chi connectivity index (χ4n) is 3.84. The van der Waals surface area contributed by atoms with E-state index < -0.39 is 23.2 Å². The number of benzene rings is 1. The molecule has 2 fully saturated rings. The molecule has 2 saturated carbocycles. The van der Waals surface area contributed by atoms with E-state index in [0.29, 0.717) is 24.8 Å². The summed E-state index contributed by atoms with van der Waals surface area (Å²) in [5.74, 6) is -1.81. The molecule has 2 aliphatic carbocycles. The highest BCUT2D eigenvalue weighted by Gasteiger charge is 2.47. The first-order valence-electron chi connectivity index (χ1n) is 8.41. The van der Waals surface area contributed by atoms with Crippen LogP contribution in [0.4, 0.5) is 13.2 Å². The van der Waals surface area contributed by atoms with Gasteiger partial charge in [-0.25, -0.2) is 0 Å². The molecular formula is C18H20F3NO3. The number of amides is 1. The van der Waals surface area contributed by atoms with Crippen molar-refractivity contribution in [1.82, 2.24) is 5.32 Å². The van der Waals surface area contributed by atoms with E-state index in [1.807, 2.05) is 0 Å². The normalized spacial score (nSPS) is 24.8. The largest absolute Gasteiger partial charge is 0.481 e. The number of carboxylic acids is 1. The van der Waals surface area contributed by atoms with Gasteiger partial charge in [-0.3, -0.25) is 9.59 Å². The van der Waals surface area contributed by atoms with Crippen molar-refractivity contribution in [2.24, 2.45) is 5.92 Å². The molecule has 1 amide bonds. The van der Waals surface area contributed by atoms with Crippen molar-refractivity contribution in [1.29, 1.82) is 0 Å². The number of nitrogens with one attached hydrogen (secondary N) is 1. The summed E-state index contributed by atoms with van der Waals surface area (Å²) in [6.45, 7) is 0. The second kappa shape index (κ2) is 6.35. The topological polar surface area (TPSA) is 66.4 Å². The second-order valence-corrected chi connectivity index (χ2v) is 7.12. The van der Waals surface area contributed by atoms with Crippen LogP contribution in [-0.4, -0.2) is 22.5 Å². The molecule has 2 unspecified atom stereocenters. The Balaban J connectivity index is 1.67. The summed E-state index contributed by atoms with van der Waals surface area (Å²) in [5.41, 5.74) is -0.910. The number of carbonyl (C=O) groups is 2. The first kappa shape index (κ1) is 17.8. The molecule has 0 aliphatic heterocycles. The number of aliphatic carboxylic acids is 1. The molecule has 0 aromatic heterocycles. The Morgan fingerprint density at radius 3 is 2.52 bits per heavy atom. The van der Waals surface area contributed by atoms with E-state index in [4.69, 9.17) is 5.11 Å². The number of alkyl halides is 3. The van der Waals surface area contributed by atoms with Crippen LogP contribution in [0.2, 0.25) is 0 Å². The van der Waals surface area contributed by atoms with Crippen molar-refractivity contribution >= 4 is 11.9 Å². The Bertz CT molecular complexity index is 680. The lowest BCUT2D eigenvalue weighted by molar-refractivity contribution is -0.139. The van der Waals surface area contributed by atoms with E-state index in [1.54, 1.807) is 6.07 Å². The van der Waals surface area contributed by atoms with Crippen LogP contribution < -0.4 is 5.32 Å². The summed E-state index contributed by atoms with van der Waals surface area (Å²) in [5, 5.41) is 12.0. The zero-order valence-electron chi connectivity index (χ0n) is 13.6. The van der Waals surface area contributed by atoms with Gasteiger partial charge < -0.3 is 10.4 Å². The molecule has 0 heterocycles. The van der Waals surface area contributed by atoms with Crippen LogP contribution in [0.5, 0.6) is 0 Å². The van der Waals surface area contributed by atoms with Gasteiger partial charge >= 0.3 is 12.1 Å². The van der Waals surface area contributed by atoms with Crippen LogP contribution in [0.3, 0.4) is 0 Å². The molecule has 1 aromatic rings. The van der Waals surface area contributed by atoms with Crippen LogP contribution >= 0.6 is 0 Å². The molecule has 0 spiro atoms. The lowest BCUT2D eigenvalue weighted by Gasteiger charge is -2.28. The minimum atomic E-state index is -4.40. The van der Waals surface area contributed by atoms with Crippen molar-refractivity contribution in [3.63, 3.8) is 0 Å². The van der Waals surface area contributed by atoms with Crippen molar-refractivity contribution in [3.8, 4) is 0 Å². The molecule has 0 radical (unpaired) electrons. The fourth-order valence-corrected chi connectivity index (χ4v) is 3.84. The summed E-state index contributed by atoms with van der Waals surface area (Å²) in [7, 11) is 0. The zero-order chi connectivity index (χ0) is 18.2. The third-order valence-electron chi connectivity index (χ3n) is 5.21. The maximum atomic E-state index is 12.8. The Labute approximate surface area is 143 Å². The van der Waals surface area contributed by atoms with Crippen molar-refractivity contribution < 1.29 is 27.9 Å². The molecular weight excluding hydrogens is 335 g/mol. The van der Waals surface area contributed by atoms with Gasteiger partial charge in [0.25, 0.3) is 0 Å². The lowest BCUT2D eigenvalue weighted by Crippen LogP contribution is -2.48. The van der Waals surface area contributed by atoms with Gasteiger partial charge in [0.2, 0.25) is 5.91 Å². The Morgan fingerprint density at radius 2 is 1.92 bits per heavy atom. The molecule has 25 heavy (non-hydrogen) atoms. The summed E-state index contributed by atoms with van der Waals surface area (Å²) < 4.78 is 38.4. The van der Waals surface area contributed by atoms with Gasteiger partial charge in [-0.15, -0.1) is 0 Å². The lowest BCUT2D eigenvalue weighted by atomic mass is 9.92. The van der Waals surface area contributed by atoms with Crippen LogP contribution in [0.1, 0.15) is 55.6 Å². The van der Waals surface area contributed by atoms with Crippen LogP contribution in [0, 0.1) is 5.92 Å². The molecule has 4 nitrogen and oxygen atoms in total. The van der Waals surface area contributed by atoms with Gasteiger partial charge in [-0.05, 0) is 36.8 Å². The average Bonchev–Trinajstić information content (AvgIpc) is 3.21. The summed E-state index contributed by atoms with van der Waals surface area (Å²) in [6, 6.07) is 5.08. The molecule has 7 heteroatoms. The maximum absolute atomic E-state index is 12.8. The van der Waals surface area contributed by atoms with E-state index in [0.717, 1.165) is 25.0 Å². The minimum absolute atomic E-state index is 0.111. The van der Waals surface area contributed by atoms with E-state index in [2.05, 4.69) is 5.32 Å². The van der Waals surface area contributed by atoms with Crippen molar-refractivity contribution in [3.05, 3.63) is 35.4 Å². The highest BCUT2D eigenvalue weighted by atomic mass is 19.4. The van der Waals surface area contributed by atoms with Gasteiger partial charge in [0.05, 0.1) is 17.5 Å². The maximum Gasteiger partial charge on any atom is 0.416 e. The standard InChI is InChI=1S/C18H20F3NO3/c19-18(20,21)12-5-3-4-11(8-12)13-9-14(13)16(25)22-17(10-15(23)24)6-1-2-7-17/h3-5,8,13-14H,1-2,6-7,9-10H2,(H,22,25)(H,23,24). The van der Waals surface area contributed by atoms with Crippen molar-refractivity contribution in [2.45, 2.75) is 56.2 Å². The van der Waals surface area contributed by atoms with Crippen LogP contribution in [0.15, 0.2) is 24.3 Å². The molecule has 3 rings (SSSR count). The third kappa shape index (κ3) is 3.96. The summed E-state index contributed by atoms with van der Waals surface area (Å²) >= 11 is 0. The van der Waals surface area contributed by atoms with Crippen LogP contribution in [-0.2, 0) is 15.8 Å². The molecule has 2 aliphatic rings. The molecule has 0 saturated heterocycles. The SMILES string of the molecule is O=C(O)CC1(NC(=O)C2CC2c2cccc(C(F)(F)F)c2)CCCC1. The van der Waals surface area contributed by atoms with Gasteiger partial charge in [-0.2, -0.15) is 13.2 Å².